The van der Waals surface area contributed by atoms with E-state index in [1.54, 1.807) is 6.08 Å². The molecule has 254 valence electrons. The van der Waals surface area contributed by atoms with E-state index >= 15 is 0 Å². The van der Waals surface area contributed by atoms with E-state index in [0.29, 0.717) is 29.1 Å². The predicted octanol–water partition coefficient (Wildman–Crippen LogP) is 10.5. The topological polar surface area (TPSA) is 80.9 Å². The summed E-state index contributed by atoms with van der Waals surface area (Å²) >= 11 is 0. The van der Waals surface area contributed by atoms with Gasteiger partial charge in [0.1, 0.15) is 23.0 Å². The molecule has 0 saturated heterocycles. The van der Waals surface area contributed by atoms with E-state index in [2.05, 4.69) is 68.2 Å². The molecule has 0 aromatic heterocycles. The van der Waals surface area contributed by atoms with Crippen LogP contribution in [0.5, 0.6) is 17.2 Å². The van der Waals surface area contributed by atoms with Crippen molar-refractivity contribution in [1.29, 1.82) is 0 Å². The van der Waals surface area contributed by atoms with Gasteiger partial charge in [0.05, 0.1) is 0 Å². The van der Waals surface area contributed by atoms with Crippen LogP contribution in [-0.4, -0.2) is 20.4 Å². The van der Waals surface area contributed by atoms with E-state index in [9.17, 15) is 20.4 Å². The van der Waals surface area contributed by atoms with Crippen LogP contribution in [0.1, 0.15) is 99.1 Å². The molecule has 2 unspecified atom stereocenters. The Morgan fingerprint density at radius 3 is 1.90 bits per heavy atom. The van der Waals surface area contributed by atoms with Gasteiger partial charge in [0.25, 0.3) is 0 Å². The molecule has 1 saturated carbocycles. The van der Waals surface area contributed by atoms with Gasteiger partial charge in [-0.25, -0.2) is 0 Å². The highest BCUT2D eigenvalue weighted by Crippen LogP contribution is 2.54. The quantitative estimate of drug-likeness (QED) is 0.156. The fourth-order valence-electron chi connectivity index (χ4n) is 8.47. The Labute approximate surface area is 288 Å². The molecular weight excluding hydrogens is 592 g/mol. The zero-order valence-corrected chi connectivity index (χ0v) is 29.7. The van der Waals surface area contributed by atoms with Crippen LogP contribution >= 0.6 is 0 Å². The van der Waals surface area contributed by atoms with Crippen molar-refractivity contribution in [3.8, 4) is 29.1 Å². The molecule has 3 aromatic rings. The molecule has 0 aliphatic heterocycles. The number of allylic oxidation sites excluding steroid dienone is 3. The number of rotatable bonds is 11. The van der Waals surface area contributed by atoms with Crippen molar-refractivity contribution >= 4 is 0 Å². The average Bonchev–Trinajstić information content (AvgIpc) is 3.23. The first kappa shape index (κ1) is 35.2. The molecule has 4 nitrogen and oxygen atoms in total. The van der Waals surface area contributed by atoms with Crippen LogP contribution in [-0.2, 0) is 18.3 Å². The van der Waals surface area contributed by atoms with Gasteiger partial charge in [0.15, 0.2) is 0 Å². The maximum absolute atomic E-state index is 10.5. The number of benzene rings is 3. The lowest BCUT2D eigenvalue weighted by Crippen LogP contribution is -2.43. The molecule has 2 aliphatic rings. The fourth-order valence-corrected chi connectivity index (χ4v) is 8.47. The molecule has 3 aromatic carbocycles. The van der Waals surface area contributed by atoms with Gasteiger partial charge in [-0.1, -0.05) is 68.2 Å². The minimum absolute atomic E-state index is 0.0336. The van der Waals surface area contributed by atoms with E-state index < -0.39 is 0 Å². The second kappa shape index (κ2) is 14.6. The average molecular weight is 647 g/mol. The number of aryl methyl sites for hydroxylation is 5. The third kappa shape index (κ3) is 7.62. The number of aliphatic hydroxyl groups is 1. The van der Waals surface area contributed by atoms with E-state index in [-0.39, 0.29) is 22.5 Å². The number of phenols is 3. The first-order chi connectivity index (χ1) is 22.8. The Balaban J connectivity index is 1.39. The zero-order chi connectivity index (χ0) is 34.6. The first-order valence-corrected chi connectivity index (χ1v) is 17.8. The molecule has 0 amide bonds. The lowest BCUT2D eigenvalue weighted by Gasteiger charge is -2.50. The van der Waals surface area contributed by atoms with Gasteiger partial charge in [-0.05, 0) is 160 Å². The normalized spacial score (nSPS) is 21.8. The monoisotopic (exact) mass is 646 g/mol. The van der Waals surface area contributed by atoms with Crippen molar-refractivity contribution < 1.29 is 20.4 Å². The van der Waals surface area contributed by atoms with Crippen molar-refractivity contribution in [3.63, 3.8) is 0 Å². The molecule has 0 bridgehead atoms. The van der Waals surface area contributed by atoms with Crippen LogP contribution in [0.3, 0.4) is 0 Å². The molecule has 4 N–H and O–H groups in total. The van der Waals surface area contributed by atoms with E-state index in [1.165, 1.54) is 16.7 Å². The lowest BCUT2D eigenvalue weighted by molar-refractivity contribution is 0.0460. The van der Waals surface area contributed by atoms with Gasteiger partial charge in [-0.3, -0.25) is 0 Å². The SMILES string of the molecule is CC1=CC(C2(c3ccc(O)c(C)c3)CCC(C(C)(C)C(CCCc3ccc(O)c(C)c3)CCc3ccc(O)c(C)c3)CC2)C#CC=C1O. The number of hydrogen-bond donors (Lipinski definition) is 4. The van der Waals surface area contributed by atoms with Crippen molar-refractivity contribution in [1.82, 2.24) is 0 Å². The van der Waals surface area contributed by atoms with Crippen LogP contribution in [0.4, 0.5) is 0 Å². The van der Waals surface area contributed by atoms with Gasteiger partial charge in [0, 0.05) is 17.4 Å². The highest BCUT2D eigenvalue weighted by molar-refractivity contribution is 5.45. The lowest BCUT2D eigenvalue weighted by atomic mass is 9.54. The standard InChI is InChI=1S/C44H54O4/c1-29-25-33(14-18-40(29)46)9-7-10-35(16-13-34-15-19-41(47)30(2)26-34)43(5,6)36-21-23-44(24-22-36,38-17-20-42(48)32(4)28-38)37-11-8-12-39(45)31(3)27-37/h12,14-15,17-20,25-28,35-37,45-48H,7,9-10,13,16,21-24H2,1-6H3. The molecule has 5 rings (SSSR count). The summed E-state index contributed by atoms with van der Waals surface area (Å²) < 4.78 is 0. The summed E-state index contributed by atoms with van der Waals surface area (Å²) in [5, 5.41) is 41.0. The van der Waals surface area contributed by atoms with Crippen LogP contribution in [0, 0.1) is 55.8 Å². The van der Waals surface area contributed by atoms with Gasteiger partial charge >= 0.3 is 0 Å². The smallest absolute Gasteiger partial charge is 0.126 e. The van der Waals surface area contributed by atoms with Gasteiger partial charge in [-0.2, -0.15) is 0 Å². The van der Waals surface area contributed by atoms with E-state index in [1.807, 2.05) is 45.9 Å². The fraction of sp³-hybridized carbons (Fsp3) is 0.455. The molecule has 1 fully saturated rings. The molecule has 48 heavy (non-hydrogen) atoms. The summed E-state index contributed by atoms with van der Waals surface area (Å²) in [6.45, 7) is 12.8. The van der Waals surface area contributed by atoms with Crippen LogP contribution in [0.15, 0.2) is 78.1 Å². The summed E-state index contributed by atoms with van der Waals surface area (Å²) in [7, 11) is 0. The summed E-state index contributed by atoms with van der Waals surface area (Å²) in [5.41, 5.74) is 7.26. The third-order valence-electron chi connectivity index (χ3n) is 11.9. The molecular formula is C44H54O4. The van der Waals surface area contributed by atoms with Crippen molar-refractivity contribution in [2.24, 2.45) is 23.2 Å². The Kier molecular flexibility index (Phi) is 10.7. The van der Waals surface area contributed by atoms with Gasteiger partial charge < -0.3 is 20.4 Å². The highest BCUT2D eigenvalue weighted by atomic mass is 16.3. The summed E-state index contributed by atoms with van der Waals surface area (Å²) in [6, 6.07) is 18.1. The Hall–Kier alpha value is -4.10. The molecule has 2 atom stereocenters. The Morgan fingerprint density at radius 2 is 1.31 bits per heavy atom. The van der Waals surface area contributed by atoms with Gasteiger partial charge in [-0.15, -0.1) is 0 Å². The number of hydrogen-bond acceptors (Lipinski definition) is 4. The molecule has 4 heteroatoms. The number of aromatic hydroxyl groups is 3. The second-order valence-corrected chi connectivity index (χ2v) is 15.3. The Morgan fingerprint density at radius 1 is 0.750 bits per heavy atom. The first-order valence-electron chi connectivity index (χ1n) is 17.8. The number of aliphatic hydroxyl groups excluding tert-OH is 1. The molecule has 0 radical (unpaired) electrons. The molecule has 0 heterocycles. The van der Waals surface area contributed by atoms with Crippen molar-refractivity contribution in [2.75, 3.05) is 0 Å². The van der Waals surface area contributed by atoms with E-state index in [4.69, 9.17) is 0 Å². The van der Waals surface area contributed by atoms with Crippen molar-refractivity contribution in [2.45, 2.75) is 105 Å². The van der Waals surface area contributed by atoms with Crippen LogP contribution in [0.2, 0.25) is 0 Å². The third-order valence-corrected chi connectivity index (χ3v) is 11.9. The predicted molar refractivity (Wildman–Crippen MR) is 196 cm³/mol. The number of phenolic OH excluding ortho intramolecular Hbond substituents is 3. The van der Waals surface area contributed by atoms with E-state index in [0.717, 1.165) is 80.1 Å². The van der Waals surface area contributed by atoms with Crippen LogP contribution < -0.4 is 0 Å². The van der Waals surface area contributed by atoms with Crippen LogP contribution in [0.25, 0.3) is 0 Å². The largest absolute Gasteiger partial charge is 0.508 e. The molecule has 2 aliphatic carbocycles. The highest BCUT2D eigenvalue weighted by Gasteiger charge is 2.47. The summed E-state index contributed by atoms with van der Waals surface area (Å²) in [5.74, 6) is 8.93. The summed E-state index contributed by atoms with van der Waals surface area (Å²) in [6.07, 6.45) is 13.2. The maximum atomic E-state index is 10.5. The maximum Gasteiger partial charge on any atom is 0.126 e. The minimum atomic E-state index is -0.201. The minimum Gasteiger partial charge on any atom is -0.508 e. The summed E-state index contributed by atoms with van der Waals surface area (Å²) in [4.78, 5) is 0. The zero-order valence-electron chi connectivity index (χ0n) is 29.7. The molecule has 0 spiro atoms. The Bertz CT molecular complexity index is 1740. The second-order valence-electron chi connectivity index (χ2n) is 15.3. The van der Waals surface area contributed by atoms with Gasteiger partial charge in [0.2, 0.25) is 0 Å². The van der Waals surface area contributed by atoms with Crippen molar-refractivity contribution in [3.05, 3.63) is 111 Å².